The van der Waals surface area contributed by atoms with Crippen molar-refractivity contribution in [1.29, 1.82) is 0 Å². The lowest BCUT2D eigenvalue weighted by Gasteiger charge is -1.92. The van der Waals surface area contributed by atoms with Crippen molar-refractivity contribution in [3.05, 3.63) is 0 Å². The van der Waals surface area contributed by atoms with Gasteiger partial charge >= 0.3 is 0 Å². The second kappa shape index (κ2) is 1.80. The molecule has 1 saturated heterocycles. The quantitative estimate of drug-likeness (QED) is 0.363. The van der Waals surface area contributed by atoms with E-state index >= 15 is 0 Å². The summed E-state index contributed by atoms with van der Waals surface area (Å²) < 4.78 is 5.09. The van der Waals surface area contributed by atoms with Crippen molar-refractivity contribution < 1.29 is 4.74 Å². The monoisotopic (exact) mass is 110 g/mol. The van der Waals surface area contributed by atoms with Gasteiger partial charge in [-0.3, -0.25) is 0 Å². The Morgan fingerprint density at radius 2 is 2.25 bits per heavy atom. The van der Waals surface area contributed by atoms with Gasteiger partial charge in [0, 0.05) is 0 Å². The molecule has 44 valence electrons. The topological polar surface area (TPSA) is 12.5 Å². The van der Waals surface area contributed by atoms with E-state index in [4.69, 9.17) is 11.2 Å². The molecule has 0 N–H and O–H groups in total. The van der Waals surface area contributed by atoms with Crippen LogP contribution in [0.4, 0.5) is 0 Å². The van der Waals surface area contributed by atoms with Crippen molar-refractivity contribution in [3.8, 4) is 12.3 Å². The summed E-state index contributed by atoms with van der Waals surface area (Å²) in [7, 11) is 0. The van der Waals surface area contributed by atoms with Crippen molar-refractivity contribution in [1.82, 2.24) is 0 Å². The number of epoxide rings is 1. The number of hydrogen-bond acceptors (Lipinski definition) is 1. The highest BCUT2D eigenvalue weighted by Crippen LogP contribution is 2.27. The molecule has 0 bridgehead atoms. The molecule has 0 amide bonds. The van der Waals surface area contributed by atoms with E-state index in [0.29, 0.717) is 12.0 Å². The maximum atomic E-state index is 5.09. The molecule has 0 radical (unpaired) electrons. The first-order valence-corrected chi connectivity index (χ1v) is 2.87. The van der Waals surface area contributed by atoms with Crippen molar-refractivity contribution in [3.63, 3.8) is 0 Å². The molecule has 1 heteroatoms. The Hall–Kier alpha value is -0.480. The molecule has 0 aromatic carbocycles. The fraction of sp³-hybridized carbons (Fsp3) is 0.714. The molecule has 0 unspecified atom stereocenters. The van der Waals surface area contributed by atoms with Gasteiger partial charge < -0.3 is 4.74 Å². The third-order valence-corrected chi connectivity index (χ3v) is 1.35. The number of rotatable bonds is 1. The van der Waals surface area contributed by atoms with Crippen LogP contribution in [0, 0.1) is 18.3 Å². The Morgan fingerprint density at radius 3 is 2.38 bits per heavy atom. The van der Waals surface area contributed by atoms with Gasteiger partial charge in [0.25, 0.3) is 0 Å². The minimum Gasteiger partial charge on any atom is -0.356 e. The Labute approximate surface area is 50.0 Å². The lowest BCUT2D eigenvalue weighted by atomic mass is 10.1. The van der Waals surface area contributed by atoms with E-state index in [2.05, 4.69) is 19.8 Å². The number of ether oxygens (including phenoxy) is 1. The van der Waals surface area contributed by atoms with Crippen LogP contribution >= 0.6 is 0 Å². The maximum Gasteiger partial charge on any atom is 0.144 e. The summed E-state index contributed by atoms with van der Waals surface area (Å²) in [6, 6.07) is 0. The molecule has 0 aromatic heterocycles. The molecule has 0 aliphatic carbocycles. The molecule has 1 aliphatic rings. The zero-order chi connectivity index (χ0) is 6.15. The van der Waals surface area contributed by atoms with Crippen LogP contribution in [0.5, 0.6) is 0 Å². The highest BCUT2D eigenvalue weighted by atomic mass is 16.6. The van der Waals surface area contributed by atoms with Crippen molar-refractivity contribution in [2.24, 2.45) is 5.92 Å². The second-order valence-corrected chi connectivity index (χ2v) is 2.43. The van der Waals surface area contributed by atoms with E-state index in [1.54, 1.807) is 0 Å². The molecular weight excluding hydrogens is 100 g/mol. The van der Waals surface area contributed by atoms with Crippen molar-refractivity contribution >= 4 is 0 Å². The van der Waals surface area contributed by atoms with Crippen LogP contribution in [0.15, 0.2) is 0 Å². The normalized spacial score (nSPS) is 34.8. The maximum absolute atomic E-state index is 5.09. The number of terminal acetylenes is 1. The molecule has 8 heavy (non-hydrogen) atoms. The Bertz CT molecular complexity index is 121. The van der Waals surface area contributed by atoms with Crippen LogP contribution in [-0.4, -0.2) is 12.2 Å². The fourth-order valence-electron chi connectivity index (χ4n) is 0.765. The average Bonchev–Trinajstić information content (AvgIpc) is 2.42. The first-order chi connectivity index (χ1) is 3.75. The van der Waals surface area contributed by atoms with Gasteiger partial charge in [0.05, 0.1) is 6.10 Å². The van der Waals surface area contributed by atoms with Crippen LogP contribution in [0.1, 0.15) is 13.8 Å². The summed E-state index contributed by atoms with van der Waals surface area (Å²) in [5.41, 5.74) is 0. The summed E-state index contributed by atoms with van der Waals surface area (Å²) in [6.07, 6.45) is 5.55. The van der Waals surface area contributed by atoms with Crippen LogP contribution in [0.3, 0.4) is 0 Å². The molecule has 1 heterocycles. The van der Waals surface area contributed by atoms with Crippen LogP contribution in [0.25, 0.3) is 0 Å². The molecule has 1 fully saturated rings. The SMILES string of the molecule is C#C[C@@H]1O[C@H]1C(C)C. The predicted molar refractivity (Wildman–Crippen MR) is 32.3 cm³/mol. The van der Waals surface area contributed by atoms with Crippen LogP contribution < -0.4 is 0 Å². The Kier molecular flexibility index (Phi) is 1.27. The van der Waals surface area contributed by atoms with Gasteiger partial charge in [0.1, 0.15) is 6.10 Å². The highest BCUT2D eigenvalue weighted by Gasteiger charge is 2.39. The van der Waals surface area contributed by atoms with Gasteiger partial charge in [-0.15, -0.1) is 6.42 Å². The van der Waals surface area contributed by atoms with Gasteiger partial charge in [0.15, 0.2) is 0 Å². The molecule has 1 nitrogen and oxygen atoms in total. The van der Waals surface area contributed by atoms with E-state index in [-0.39, 0.29) is 6.10 Å². The van der Waals surface area contributed by atoms with E-state index in [0.717, 1.165) is 0 Å². The highest BCUT2D eigenvalue weighted by molar-refractivity contribution is 5.08. The van der Waals surface area contributed by atoms with Gasteiger partial charge in [-0.25, -0.2) is 0 Å². The van der Waals surface area contributed by atoms with Crippen LogP contribution in [0.2, 0.25) is 0 Å². The average molecular weight is 110 g/mol. The summed E-state index contributed by atoms with van der Waals surface area (Å²) in [5, 5.41) is 0. The molecule has 1 aliphatic heterocycles. The minimum absolute atomic E-state index is 0.120. The number of hydrogen-bond donors (Lipinski definition) is 0. The standard InChI is InChI=1S/C7H10O/c1-4-6-7(8-6)5(2)3/h1,5-7H,2-3H3/t6-,7-/m0/s1. The predicted octanol–water partition coefficient (Wildman–Crippen LogP) is 1.04. The van der Waals surface area contributed by atoms with E-state index in [9.17, 15) is 0 Å². The minimum atomic E-state index is 0.120. The van der Waals surface area contributed by atoms with Gasteiger partial charge in [-0.1, -0.05) is 19.8 Å². The Balaban J connectivity index is 2.29. The third kappa shape index (κ3) is 0.850. The lowest BCUT2D eigenvalue weighted by Crippen LogP contribution is -1.99. The molecule has 0 spiro atoms. The molecule has 2 atom stereocenters. The smallest absolute Gasteiger partial charge is 0.144 e. The van der Waals surface area contributed by atoms with Gasteiger partial charge in [-0.05, 0) is 5.92 Å². The zero-order valence-corrected chi connectivity index (χ0v) is 5.22. The van der Waals surface area contributed by atoms with E-state index in [1.807, 2.05) is 0 Å². The molecule has 0 saturated carbocycles. The van der Waals surface area contributed by atoms with Crippen molar-refractivity contribution in [2.75, 3.05) is 0 Å². The summed E-state index contributed by atoms with van der Waals surface area (Å²) in [5.74, 6) is 3.13. The third-order valence-electron chi connectivity index (χ3n) is 1.35. The second-order valence-electron chi connectivity index (χ2n) is 2.43. The van der Waals surface area contributed by atoms with Gasteiger partial charge in [0.2, 0.25) is 0 Å². The summed E-state index contributed by atoms with van der Waals surface area (Å²) >= 11 is 0. The zero-order valence-electron chi connectivity index (χ0n) is 5.22. The molecular formula is C7H10O. The largest absolute Gasteiger partial charge is 0.356 e. The summed E-state index contributed by atoms with van der Waals surface area (Å²) in [6.45, 7) is 4.23. The van der Waals surface area contributed by atoms with E-state index < -0.39 is 0 Å². The van der Waals surface area contributed by atoms with Gasteiger partial charge in [-0.2, -0.15) is 0 Å². The summed E-state index contributed by atoms with van der Waals surface area (Å²) in [4.78, 5) is 0. The van der Waals surface area contributed by atoms with Crippen molar-refractivity contribution in [2.45, 2.75) is 26.1 Å². The lowest BCUT2D eigenvalue weighted by molar-refractivity contribution is 0.347. The first-order valence-electron chi connectivity index (χ1n) is 2.87. The molecule has 0 aromatic rings. The fourth-order valence-corrected chi connectivity index (χ4v) is 0.765. The van der Waals surface area contributed by atoms with Crippen LogP contribution in [-0.2, 0) is 4.74 Å². The Morgan fingerprint density at radius 1 is 1.62 bits per heavy atom. The van der Waals surface area contributed by atoms with E-state index in [1.165, 1.54) is 0 Å². The first kappa shape index (κ1) is 5.65. The molecule has 1 rings (SSSR count).